The van der Waals surface area contributed by atoms with Crippen LogP contribution in [0.5, 0.6) is 0 Å². The summed E-state index contributed by atoms with van der Waals surface area (Å²) in [7, 11) is 0. The molecule has 1 heterocycles. The number of likely N-dealkylation sites (tertiary alicyclic amines) is 1. The number of aliphatic hydroxyl groups excluding tert-OH is 1. The van der Waals surface area contributed by atoms with Gasteiger partial charge in [0, 0.05) is 12.6 Å². The maximum absolute atomic E-state index is 10.6. The lowest BCUT2D eigenvalue weighted by Gasteiger charge is -2.47. The van der Waals surface area contributed by atoms with E-state index < -0.39 is 5.54 Å². The van der Waals surface area contributed by atoms with Crippen LogP contribution in [0.4, 0.5) is 0 Å². The van der Waals surface area contributed by atoms with Crippen LogP contribution in [0, 0.1) is 0 Å². The van der Waals surface area contributed by atoms with Crippen LogP contribution in [-0.2, 0) is 5.54 Å². The van der Waals surface area contributed by atoms with E-state index in [0.29, 0.717) is 0 Å². The van der Waals surface area contributed by atoms with Gasteiger partial charge in [-0.25, -0.2) is 0 Å². The lowest BCUT2D eigenvalue weighted by Crippen LogP contribution is -2.53. The van der Waals surface area contributed by atoms with Crippen molar-refractivity contribution >= 4 is 0 Å². The summed E-state index contributed by atoms with van der Waals surface area (Å²) in [5, 5.41) is 10.6. The van der Waals surface area contributed by atoms with Crippen LogP contribution >= 0.6 is 0 Å². The summed E-state index contributed by atoms with van der Waals surface area (Å²) in [6.45, 7) is 2.89. The summed E-state index contributed by atoms with van der Waals surface area (Å²) in [6.07, 6.45) is 1.75. The van der Waals surface area contributed by atoms with E-state index in [-0.39, 0.29) is 12.1 Å². The van der Waals surface area contributed by atoms with Gasteiger partial charge in [0.2, 0.25) is 0 Å². The van der Waals surface area contributed by atoms with E-state index in [1.165, 1.54) is 16.7 Å². The first-order chi connectivity index (χ1) is 13.2. The number of benzene rings is 3. The van der Waals surface area contributed by atoms with E-state index in [4.69, 9.17) is 0 Å². The van der Waals surface area contributed by atoms with Crippen molar-refractivity contribution in [2.75, 3.05) is 6.54 Å². The van der Waals surface area contributed by atoms with Crippen LogP contribution in [0.15, 0.2) is 91.0 Å². The zero-order valence-electron chi connectivity index (χ0n) is 15.8. The third-order valence-corrected chi connectivity index (χ3v) is 5.86. The largest absolute Gasteiger partial charge is 0.392 e. The number of hydrogen-bond donors (Lipinski definition) is 1. The van der Waals surface area contributed by atoms with Gasteiger partial charge in [-0.05, 0) is 36.5 Å². The van der Waals surface area contributed by atoms with Gasteiger partial charge in [-0.3, -0.25) is 4.90 Å². The fraction of sp³-hybridized carbons (Fsp3) is 0.280. The molecule has 0 spiro atoms. The molecule has 138 valence electrons. The summed E-state index contributed by atoms with van der Waals surface area (Å²) in [5.41, 5.74) is 3.32. The molecule has 1 N–H and O–H groups in total. The van der Waals surface area contributed by atoms with E-state index >= 15 is 0 Å². The Morgan fingerprint density at radius 3 is 1.56 bits per heavy atom. The third kappa shape index (κ3) is 3.09. The maximum atomic E-state index is 10.6. The molecule has 3 aromatic rings. The first-order valence-corrected chi connectivity index (χ1v) is 9.86. The van der Waals surface area contributed by atoms with Gasteiger partial charge < -0.3 is 5.11 Å². The molecule has 0 radical (unpaired) electrons. The van der Waals surface area contributed by atoms with Gasteiger partial charge in [0.25, 0.3) is 0 Å². The Morgan fingerprint density at radius 1 is 0.778 bits per heavy atom. The molecule has 2 nitrogen and oxygen atoms in total. The highest BCUT2D eigenvalue weighted by molar-refractivity contribution is 5.50. The summed E-state index contributed by atoms with van der Waals surface area (Å²) in [5.74, 6) is 0. The molecular formula is C25H27NO. The summed E-state index contributed by atoms with van der Waals surface area (Å²) in [6, 6.07) is 32.3. The van der Waals surface area contributed by atoms with Crippen LogP contribution in [0.3, 0.4) is 0 Å². The smallest absolute Gasteiger partial charge is 0.0976 e. The Kier molecular flexibility index (Phi) is 5.11. The van der Waals surface area contributed by atoms with E-state index in [9.17, 15) is 5.11 Å². The fourth-order valence-electron chi connectivity index (χ4n) is 4.75. The highest BCUT2D eigenvalue weighted by atomic mass is 16.3. The molecule has 0 saturated carbocycles. The minimum atomic E-state index is -0.415. The van der Waals surface area contributed by atoms with Crippen LogP contribution < -0.4 is 0 Å². The second-order valence-electron chi connectivity index (χ2n) is 7.45. The molecule has 1 unspecified atom stereocenters. The SMILES string of the molecule is C[C@@H](O)C1CCCN1C(c1ccccc1)(c1ccccc1)c1ccccc1. The second-order valence-corrected chi connectivity index (χ2v) is 7.45. The molecule has 4 rings (SSSR count). The lowest BCUT2D eigenvalue weighted by molar-refractivity contribution is 0.0435. The molecule has 0 bridgehead atoms. The fourth-order valence-corrected chi connectivity index (χ4v) is 4.75. The van der Waals surface area contributed by atoms with Crippen LogP contribution in [-0.4, -0.2) is 28.7 Å². The van der Waals surface area contributed by atoms with Crippen molar-refractivity contribution in [2.24, 2.45) is 0 Å². The first-order valence-electron chi connectivity index (χ1n) is 9.86. The third-order valence-electron chi connectivity index (χ3n) is 5.86. The van der Waals surface area contributed by atoms with Crippen LogP contribution in [0.1, 0.15) is 36.5 Å². The Hall–Kier alpha value is -2.42. The summed E-state index contributed by atoms with van der Waals surface area (Å²) in [4.78, 5) is 2.53. The van der Waals surface area contributed by atoms with Gasteiger partial charge in [-0.2, -0.15) is 0 Å². The van der Waals surface area contributed by atoms with Crippen molar-refractivity contribution in [1.29, 1.82) is 0 Å². The predicted molar refractivity (Wildman–Crippen MR) is 111 cm³/mol. The van der Waals surface area contributed by atoms with Gasteiger partial charge >= 0.3 is 0 Å². The predicted octanol–water partition coefficient (Wildman–Crippen LogP) is 4.82. The van der Waals surface area contributed by atoms with Crippen LogP contribution in [0.2, 0.25) is 0 Å². The Bertz CT molecular complexity index is 749. The van der Waals surface area contributed by atoms with Crippen molar-refractivity contribution in [3.8, 4) is 0 Å². The normalized spacial score (nSPS) is 19.1. The number of aliphatic hydroxyl groups is 1. The second kappa shape index (κ2) is 7.67. The Labute approximate surface area is 162 Å². The summed E-state index contributed by atoms with van der Waals surface area (Å²) < 4.78 is 0. The molecule has 1 aliphatic rings. The minimum Gasteiger partial charge on any atom is -0.392 e. The quantitative estimate of drug-likeness (QED) is 0.662. The number of nitrogens with zero attached hydrogens (tertiary/aromatic N) is 1. The van der Waals surface area contributed by atoms with E-state index in [1.807, 2.05) is 6.92 Å². The molecule has 3 aromatic carbocycles. The van der Waals surface area contributed by atoms with Gasteiger partial charge in [-0.15, -0.1) is 0 Å². The number of rotatable bonds is 5. The zero-order valence-corrected chi connectivity index (χ0v) is 15.8. The maximum Gasteiger partial charge on any atom is 0.0976 e. The molecule has 0 aromatic heterocycles. The van der Waals surface area contributed by atoms with E-state index in [0.717, 1.165) is 19.4 Å². The zero-order chi connectivity index (χ0) is 18.7. The Balaban J connectivity index is 2.04. The lowest BCUT2D eigenvalue weighted by atomic mass is 9.75. The molecule has 27 heavy (non-hydrogen) atoms. The van der Waals surface area contributed by atoms with E-state index in [1.54, 1.807) is 0 Å². The van der Waals surface area contributed by atoms with Crippen molar-refractivity contribution in [3.63, 3.8) is 0 Å². The molecule has 2 atom stereocenters. The number of hydrogen-bond acceptors (Lipinski definition) is 2. The molecule has 2 heteroatoms. The van der Waals surface area contributed by atoms with Crippen molar-refractivity contribution in [2.45, 2.75) is 37.5 Å². The van der Waals surface area contributed by atoms with Gasteiger partial charge in [0.15, 0.2) is 0 Å². The Morgan fingerprint density at radius 2 is 1.19 bits per heavy atom. The van der Waals surface area contributed by atoms with Crippen molar-refractivity contribution < 1.29 is 5.11 Å². The van der Waals surface area contributed by atoms with Crippen molar-refractivity contribution in [3.05, 3.63) is 108 Å². The average molecular weight is 357 g/mol. The monoisotopic (exact) mass is 357 g/mol. The standard InChI is InChI=1S/C25H27NO/c1-20(27)24-18-11-19-26(24)25(21-12-5-2-6-13-21,22-14-7-3-8-15-22)23-16-9-4-10-17-23/h2-10,12-17,20,24,27H,11,18-19H2,1H3/t20-,24?/m1/s1. The molecule has 0 amide bonds. The molecule has 1 saturated heterocycles. The van der Waals surface area contributed by atoms with Gasteiger partial charge in [0.1, 0.15) is 0 Å². The topological polar surface area (TPSA) is 23.5 Å². The van der Waals surface area contributed by atoms with Crippen molar-refractivity contribution in [1.82, 2.24) is 4.90 Å². The van der Waals surface area contributed by atoms with Gasteiger partial charge in [-0.1, -0.05) is 91.0 Å². The van der Waals surface area contributed by atoms with Crippen LogP contribution in [0.25, 0.3) is 0 Å². The average Bonchev–Trinajstić information content (AvgIpc) is 3.22. The van der Waals surface area contributed by atoms with E-state index in [2.05, 4.69) is 95.9 Å². The molecule has 1 fully saturated rings. The highest BCUT2D eigenvalue weighted by Gasteiger charge is 2.47. The minimum absolute atomic E-state index is 0.130. The first kappa shape index (κ1) is 18.0. The molecular weight excluding hydrogens is 330 g/mol. The van der Waals surface area contributed by atoms with Gasteiger partial charge in [0.05, 0.1) is 11.6 Å². The highest BCUT2D eigenvalue weighted by Crippen LogP contribution is 2.46. The summed E-state index contributed by atoms with van der Waals surface area (Å²) >= 11 is 0. The molecule has 1 aliphatic heterocycles. The molecule has 0 aliphatic carbocycles.